The number of hydrogen-bond donors (Lipinski definition) is 0. The summed E-state index contributed by atoms with van der Waals surface area (Å²) in [6.45, 7) is 6.67. The van der Waals surface area contributed by atoms with E-state index in [0.29, 0.717) is 29.4 Å². The Balaban J connectivity index is 1.77. The summed E-state index contributed by atoms with van der Waals surface area (Å²) in [7, 11) is 0. The molecule has 0 aromatic heterocycles. The van der Waals surface area contributed by atoms with Crippen molar-refractivity contribution in [3.63, 3.8) is 0 Å². The predicted octanol–water partition coefficient (Wildman–Crippen LogP) is 5.21. The van der Waals surface area contributed by atoms with E-state index in [1.165, 1.54) is 11.1 Å². The Hall–Kier alpha value is -2.81. The fraction of sp³-hybridized carbons (Fsp3) is 0.227. The molecule has 0 N–H and O–H groups in total. The molecule has 3 heteroatoms. The molecule has 0 saturated carbocycles. The van der Waals surface area contributed by atoms with E-state index in [9.17, 15) is 4.79 Å². The largest absolute Gasteiger partial charge is 0.489 e. The maximum atomic E-state index is 12.5. The van der Waals surface area contributed by atoms with Crippen LogP contribution in [0.3, 0.4) is 0 Å². The molecule has 0 fully saturated rings. The summed E-state index contributed by atoms with van der Waals surface area (Å²) in [5.41, 5.74) is 3.99. The molecule has 1 aliphatic rings. The number of carbonyl (C=O) groups excluding carboxylic acids is 1. The highest BCUT2D eigenvalue weighted by atomic mass is 16.5. The summed E-state index contributed by atoms with van der Waals surface area (Å²) in [6.07, 6.45) is 4.78. The van der Waals surface area contributed by atoms with Crippen molar-refractivity contribution < 1.29 is 14.3 Å². The van der Waals surface area contributed by atoms with Crippen LogP contribution in [0.15, 0.2) is 59.9 Å². The molecule has 3 rings (SSSR count). The minimum Gasteiger partial charge on any atom is -0.489 e. The van der Waals surface area contributed by atoms with Crippen molar-refractivity contribution in [2.75, 3.05) is 6.61 Å². The van der Waals surface area contributed by atoms with Crippen molar-refractivity contribution in [2.45, 2.75) is 27.2 Å². The SMILES string of the molecule is CCc1ccc(C=C2Oc3cc(OCC=C(C)C)ccc3C2=O)cc1. The highest BCUT2D eigenvalue weighted by Gasteiger charge is 2.27. The Morgan fingerprint density at radius 2 is 1.88 bits per heavy atom. The maximum Gasteiger partial charge on any atom is 0.231 e. The molecule has 0 atom stereocenters. The van der Waals surface area contributed by atoms with Crippen LogP contribution in [0.1, 0.15) is 42.3 Å². The van der Waals surface area contributed by atoms with E-state index in [-0.39, 0.29) is 5.78 Å². The number of ketones is 1. The van der Waals surface area contributed by atoms with Crippen molar-refractivity contribution in [3.05, 3.63) is 76.6 Å². The monoisotopic (exact) mass is 334 g/mol. The van der Waals surface area contributed by atoms with E-state index < -0.39 is 0 Å². The van der Waals surface area contributed by atoms with E-state index in [2.05, 4.69) is 19.1 Å². The van der Waals surface area contributed by atoms with Crippen LogP contribution in [0.25, 0.3) is 6.08 Å². The molecule has 0 bridgehead atoms. The molecule has 0 aliphatic carbocycles. The molecule has 1 heterocycles. The topological polar surface area (TPSA) is 35.5 Å². The molecule has 25 heavy (non-hydrogen) atoms. The number of hydrogen-bond acceptors (Lipinski definition) is 3. The normalized spacial score (nSPS) is 14.2. The number of rotatable bonds is 5. The summed E-state index contributed by atoms with van der Waals surface area (Å²) in [4.78, 5) is 12.5. The fourth-order valence-electron chi connectivity index (χ4n) is 2.56. The first-order valence-corrected chi connectivity index (χ1v) is 8.50. The third-order valence-corrected chi connectivity index (χ3v) is 4.07. The summed E-state index contributed by atoms with van der Waals surface area (Å²) in [5, 5.41) is 0. The van der Waals surface area contributed by atoms with Crippen LogP contribution in [-0.2, 0) is 6.42 Å². The molecule has 0 radical (unpaired) electrons. The number of benzene rings is 2. The van der Waals surface area contributed by atoms with Crippen LogP contribution in [0.2, 0.25) is 0 Å². The standard InChI is InChI=1S/C22H22O3/c1-4-16-5-7-17(8-6-16)13-21-22(23)19-10-9-18(14-20(19)25-21)24-12-11-15(2)3/h5-11,13-14H,4,12H2,1-3H3. The predicted molar refractivity (Wildman–Crippen MR) is 100 cm³/mol. The second kappa shape index (κ2) is 7.39. The molecule has 2 aromatic carbocycles. The number of allylic oxidation sites excluding steroid dienone is 2. The third-order valence-electron chi connectivity index (χ3n) is 4.07. The van der Waals surface area contributed by atoms with Gasteiger partial charge in [0.15, 0.2) is 5.76 Å². The van der Waals surface area contributed by atoms with Crippen molar-refractivity contribution in [1.29, 1.82) is 0 Å². The van der Waals surface area contributed by atoms with Gasteiger partial charge < -0.3 is 9.47 Å². The van der Waals surface area contributed by atoms with Gasteiger partial charge in [0.25, 0.3) is 0 Å². The van der Waals surface area contributed by atoms with Gasteiger partial charge in [0.05, 0.1) is 5.56 Å². The average molecular weight is 334 g/mol. The van der Waals surface area contributed by atoms with E-state index in [1.54, 1.807) is 24.3 Å². The quantitative estimate of drug-likeness (QED) is 0.556. The van der Waals surface area contributed by atoms with Gasteiger partial charge in [-0.3, -0.25) is 4.79 Å². The molecular formula is C22H22O3. The molecule has 1 aliphatic heterocycles. The van der Waals surface area contributed by atoms with Crippen molar-refractivity contribution in [1.82, 2.24) is 0 Å². The van der Waals surface area contributed by atoms with Gasteiger partial charge in [-0.15, -0.1) is 0 Å². The summed E-state index contributed by atoms with van der Waals surface area (Å²) < 4.78 is 11.4. The van der Waals surface area contributed by atoms with Gasteiger partial charge in [-0.05, 0) is 55.7 Å². The molecule has 0 spiro atoms. The fourth-order valence-corrected chi connectivity index (χ4v) is 2.56. The zero-order chi connectivity index (χ0) is 17.8. The van der Waals surface area contributed by atoms with Crippen LogP contribution in [-0.4, -0.2) is 12.4 Å². The zero-order valence-electron chi connectivity index (χ0n) is 14.8. The van der Waals surface area contributed by atoms with Gasteiger partial charge in [-0.25, -0.2) is 0 Å². The van der Waals surface area contributed by atoms with Gasteiger partial charge in [0.2, 0.25) is 5.78 Å². The first-order chi connectivity index (χ1) is 12.1. The van der Waals surface area contributed by atoms with Crippen LogP contribution in [0, 0.1) is 0 Å². The first kappa shape index (κ1) is 17.0. The zero-order valence-corrected chi connectivity index (χ0v) is 14.8. The second-order valence-electron chi connectivity index (χ2n) is 6.29. The van der Waals surface area contributed by atoms with Gasteiger partial charge in [0, 0.05) is 6.07 Å². The van der Waals surface area contributed by atoms with Crippen LogP contribution in [0.5, 0.6) is 11.5 Å². The van der Waals surface area contributed by atoms with Crippen LogP contribution >= 0.6 is 0 Å². The maximum absolute atomic E-state index is 12.5. The molecule has 0 amide bonds. The van der Waals surface area contributed by atoms with E-state index >= 15 is 0 Å². The van der Waals surface area contributed by atoms with Crippen LogP contribution < -0.4 is 9.47 Å². The van der Waals surface area contributed by atoms with E-state index in [4.69, 9.17) is 9.47 Å². The summed E-state index contributed by atoms with van der Waals surface area (Å²) in [6, 6.07) is 13.5. The van der Waals surface area contributed by atoms with Gasteiger partial charge >= 0.3 is 0 Å². The van der Waals surface area contributed by atoms with Crippen molar-refractivity contribution in [3.8, 4) is 11.5 Å². The average Bonchev–Trinajstić information content (AvgIpc) is 2.90. The second-order valence-corrected chi connectivity index (χ2v) is 6.29. The summed E-state index contributed by atoms with van der Waals surface area (Å²) in [5.74, 6) is 1.50. The molecule has 3 nitrogen and oxygen atoms in total. The highest BCUT2D eigenvalue weighted by Crippen LogP contribution is 2.34. The lowest BCUT2D eigenvalue weighted by Gasteiger charge is -2.05. The number of carbonyl (C=O) groups is 1. The lowest BCUT2D eigenvalue weighted by atomic mass is 10.1. The molecule has 2 aromatic rings. The van der Waals surface area contributed by atoms with Crippen molar-refractivity contribution >= 4 is 11.9 Å². The molecule has 0 saturated heterocycles. The Labute approximate surface area is 148 Å². The Morgan fingerprint density at radius 3 is 2.56 bits per heavy atom. The van der Waals surface area contributed by atoms with Gasteiger partial charge in [-0.2, -0.15) is 0 Å². The first-order valence-electron chi connectivity index (χ1n) is 8.50. The van der Waals surface area contributed by atoms with Gasteiger partial charge in [0.1, 0.15) is 18.1 Å². The Bertz CT molecular complexity index is 838. The number of aryl methyl sites for hydroxylation is 1. The minimum absolute atomic E-state index is 0.0922. The molecule has 0 unspecified atom stereocenters. The van der Waals surface area contributed by atoms with Gasteiger partial charge in [-0.1, -0.05) is 36.8 Å². The lowest BCUT2D eigenvalue weighted by molar-refractivity contribution is 0.101. The Morgan fingerprint density at radius 1 is 1.12 bits per heavy atom. The number of fused-ring (bicyclic) bond motifs is 1. The lowest BCUT2D eigenvalue weighted by Crippen LogP contribution is -1.98. The highest BCUT2D eigenvalue weighted by molar-refractivity contribution is 6.14. The third kappa shape index (κ3) is 4.00. The smallest absolute Gasteiger partial charge is 0.231 e. The number of ether oxygens (including phenoxy) is 2. The Kier molecular flexibility index (Phi) is 5.03. The molecular weight excluding hydrogens is 312 g/mol. The molecule has 128 valence electrons. The van der Waals surface area contributed by atoms with Crippen molar-refractivity contribution in [2.24, 2.45) is 0 Å². The van der Waals surface area contributed by atoms with E-state index in [0.717, 1.165) is 12.0 Å². The minimum atomic E-state index is -0.0922. The summed E-state index contributed by atoms with van der Waals surface area (Å²) >= 11 is 0. The van der Waals surface area contributed by atoms with Crippen LogP contribution in [0.4, 0.5) is 0 Å². The number of Topliss-reactive ketones (excluding diaryl/α,β-unsaturated/α-hetero) is 1. The van der Waals surface area contributed by atoms with E-state index in [1.807, 2.05) is 32.1 Å².